The Hall–Kier alpha value is -2.93. The van der Waals surface area contributed by atoms with Crippen molar-refractivity contribution in [2.45, 2.75) is 18.6 Å². The number of nitrogens with zero attached hydrogens (tertiary/aromatic N) is 2. The molecule has 0 radical (unpaired) electrons. The maximum Gasteiger partial charge on any atom is 0.240 e. The van der Waals surface area contributed by atoms with Crippen molar-refractivity contribution in [3.63, 3.8) is 0 Å². The van der Waals surface area contributed by atoms with Crippen LogP contribution in [0.2, 0.25) is 0 Å². The molecule has 1 saturated heterocycles. The van der Waals surface area contributed by atoms with Crippen LogP contribution in [-0.2, 0) is 4.79 Å². The third-order valence-electron chi connectivity index (χ3n) is 3.99. The highest BCUT2D eigenvalue weighted by Crippen LogP contribution is 2.24. The Kier molecular flexibility index (Phi) is 6.03. The highest BCUT2D eigenvalue weighted by molar-refractivity contribution is 8.15. The minimum absolute atomic E-state index is 0.0642. The molecule has 1 amide bonds. The number of ether oxygens (including phenoxy) is 1. The molecule has 0 aliphatic carbocycles. The second-order valence-corrected chi connectivity index (χ2v) is 7.20. The van der Waals surface area contributed by atoms with Gasteiger partial charge in [0, 0.05) is 12.0 Å². The predicted octanol–water partition coefficient (Wildman–Crippen LogP) is 3.20. The van der Waals surface area contributed by atoms with E-state index in [9.17, 15) is 9.59 Å². The molecule has 1 unspecified atom stereocenters. The van der Waals surface area contributed by atoms with Crippen LogP contribution in [0.25, 0.3) is 0 Å². The van der Waals surface area contributed by atoms with E-state index < -0.39 is 5.25 Å². The lowest BCUT2D eigenvalue weighted by Crippen LogP contribution is -2.26. The number of rotatable bonds is 6. The number of thioether (sulfide) groups is 1. The summed E-state index contributed by atoms with van der Waals surface area (Å²) in [6.07, 6.45) is 1.71. The van der Waals surface area contributed by atoms with Crippen LogP contribution in [0.4, 0.5) is 0 Å². The van der Waals surface area contributed by atoms with Crippen molar-refractivity contribution >= 4 is 34.8 Å². The summed E-state index contributed by atoms with van der Waals surface area (Å²) in [6.45, 7) is 1.96. The van der Waals surface area contributed by atoms with Gasteiger partial charge in [0.05, 0.1) is 18.6 Å². The van der Waals surface area contributed by atoms with Crippen molar-refractivity contribution in [3.05, 3.63) is 65.2 Å². The van der Waals surface area contributed by atoms with Gasteiger partial charge in [-0.15, -0.1) is 5.10 Å². The third-order valence-corrected chi connectivity index (χ3v) is 5.06. The number of hydrogen-bond donors (Lipinski definition) is 1. The van der Waals surface area contributed by atoms with Crippen LogP contribution in [0.3, 0.4) is 0 Å². The Labute approximate surface area is 161 Å². The second-order valence-electron chi connectivity index (χ2n) is 6.01. The zero-order valence-corrected chi connectivity index (χ0v) is 15.8. The monoisotopic (exact) mass is 381 g/mol. The van der Waals surface area contributed by atoms with Crippen LogP contribution in [0.5, 0.6) is 5.75 Å². The summed E-state index contributed by atoms with van der Waals surface area (Å²) in [5.74, 6) is 0.475. The first-order valence-corrected chi connectivity index (χ1v) is 9.25. The van der Waals surface area contributed by atoms with Gasteiger partial charge < -0.3 is 10.1 Å². The summed E-state index contributed by atoms with van der Waals surface area (Å²) in [5.41, 5.74) is 2.56. The van der Waals surface area contributed by atoms with E-state index in [-0.39, 0.29) is 18.1 Å². The number of amides is 1. The molecule has 0 spiro atoms. The van der Waals surface area contributed by atoms with Gasteiger partial charge in [-0.05, 0) is 36.8 Å². The summed E-state index contributed by atoms with van der Waals surface area (Å²) in [6, 6.07) is 14.7. The van der Waals surface area contributed by atoms with E-state index in [1.54, 1.807) is 25.5 Å². The van der Waals surface area contributed by atoms with Gasteiger partial charge in [0.25, 0.3) is 0 Å². The average Bonchev–Trinajstić information content (AvgIpc) is 3.02. The van der Waals surface area contributed by atoms with Crippen LogP contribution in [0.1, 0.15) is 27.9 Å². The molecule has 0 bridgehead atoms. The Morgan fingerprint density at radius 2 is 1.89 bits per heavy atom. The van der Waals surface area contributed by atoms with E-state index >= 15 is 0 Å². The smallest absolute Gasteiger partial charge is 0.240 e. The molecular weight excluding hydrogens is 362 g/mol. The van der Waals surface area contributed by atoms with Crippen molar-refractivity contribution in [3.8, 4) is 5.75 Å². The van der Waals surface area contributed by atoms with Crippen LogP contribution in [0.15, 0.2) is 58.7 Å². The molecule has 138 valence electrons. The number of methoxy groups -OCH3 is 1. The fourth-order valence-corrected chi connectivity index (χ4v) is 3.37. The Bertz CT molecular complexity index is 890. The van der Waals surface area contributed by atoms with E-state index in [0.717, 1.165) is 16.9 Å². The molecule has 1 aliphatic rings. The number of amidine groups is 1. The number of Topliss-reactive ketones (excluding diaryl/α,β-unsaturated/α-hetero) is 1. The maximum absolute atomic E-state index is 12.3. The van der Waals surface area contributed by atoms with E-state index in [1.165, 1.54) is 11.8 Å². The van der Waals surface area contributed by atoms with Gasteiger partial charge in [0.15, 0.2) is 11.0 Å². The number of carbonyl (C=O) groups is 2. The molecule has 1 aliphatic heterocycles. The molecule has 1 N–H and O–H groups in total. The second kappa shape index (κ2) is 8.64. The molecule has 3 rings (SSSR count). The minimum Gasteiger partial charge on any atom is -0.497 e. The number of ketones is 1. The zero-order valence-electron chi connectivity index (χ0n) is 15.0. The molecule has 1 heterocycles. The lowest BCUT2D eigenvalue weighted by molar-refractivity contribution is -0.118. The Morgan fingerprint density at radius 1 is 1.19 bits per heavy atom. The average molecular weight is 381 g/mol. The number of benzene rings is 2. The summed E-state index contributed by atoms with van der Waals surface area (Å²) >= 11 is 1.22. The Balaban J connectivity index is 1.59. The quantitative estimate of drug-likeness (QED) is 0.473. The van der Waals surface area contributed by atoms with Gasteiger partial charge in [0.2, 0.25) is 5.91 Å². The summed E-state index contributed by atoms with van der Waals surface area (Å²) in [4.78, 5) is 24.4. The van der Waals surface area contributed by atoms with Crippen LogP contribution >= 0.6 is 11.8 Å². The van der Waals surface area contributed by atoms with Crippen molar-refractivity contribution < 1.29 is 14.3 Å². The van der Waals surface area contributed by atoms with E-state index in [2.05, 4.69) is 15.5 Å². The van der Waals surface area contributed by atoms with Gasteiger partial charge in [-0.3, -0.25) is 9.59 Å². The van der Waals surface area contributed by atoms with Gasteiger partial charge in [-0.2, -0.15) is 5.10 Å². The first-order chi connectivity index (χ1) is 13.0. The van der Waals surface area contributed by atoms with Crippen molar-refractivity contribution in [2.24, 2.45) is 10.2 Å². The van der Waals surface area contributed by atoms with Gasteiger partial charge in [-0.25, -0.2) is 0 Å². The highest BCUT2D eigenvalue weighted by Gasteiger charge is 2.32. The topological polar surface area (TPSA) is 80.1 Å². The maximum atomic E-state index is 12.3. The number of nitrogens with one attached hydrogen (secondary N) is 1. The lowest BCUT2D eigenvalue weighted by Gasteiger charge is -2.04. The largest absolute Gasteiger partial charge is 0.497 e. The normalized spacial score (nSPS) is 18.1. The standard InChI is InChI=1S/C20H19N3O3S/c1-13-3-7-15(8-4-13)17(24)11-18-19(25)22-20(27-18)23-21-12-14-5-9-16(26-2)10-6-14/h3-10,12,18H,11H2,1-2H3,(H,22,23,25)/b21-12+. The fraction of sp³-hybridized carbons (Fsp3) is 0.200. The summed E-state index contributed by atoms with van der Waals surface area (Å²) < 4.78 is 5.10. The van der Waals surface area contributed by atoms with Crippen LogP contribution in [-0.4, -0.2) is 35.4 Å². The summed E-state index contributed by atoms with van der Waals surface area (Å²) in [5, 5.41) is 10.6. The van der Waals surface area contributed by atoms with Gasteiger partial charge in [0.1, 0.15) is 5.75 Å². The highest BCUT2D eigenvalue weighted by atomic mass is 32.2. The van der Waals surface area contributed by atoms with Gasteiger partial charge >= 0.3 is 0 Å². The van der Waals surface area contributed by atoms with E-state index in [4.69, 9.17) is 4.74 Å². The fourth-order valence-electron chi connectivity index (χ4n) is 2.45. The molecule has 6 nitrogen and oxygen atoms in total. The molecule has 2 aromatic carbocycles. The Morgan fingerprint density at radius 3 is 2.56 bits per heavy atom. The number of carbonyl (C=O) groups excluding carboxylic acids is 2. The van der Waals surface area contributed by atoms with Crippen molar-refractivity contribution in [2.75, 3.05) is 7.11 Å². The first kappa shape index (κ1) is 18.8. The molecule has 7 heteroatoms. The lowest BCUT2D eigenvalue weighted by atomic mass is 10.0. The molecular formula is C20H19N3O3S. The molecule has 0 aromatic heterocycles. The minimum atomic E-state index is -0.492. The molecule has 27 heavy (non-hydrogen) atoms. The van der Waals surface area contributed by atoms with E-state index in [0.29, 0.717) is 10.7 Å². The molecule has 0 saturated carbocycles. The number of hydrogen-bond acceptors (Lipinski definition) is 6. The molecule has 1 fully saturated rings. The molecule has 2 aromatic rings. The molecule has 1 atom stereocenters. The van der Waals surface area contributed by atoms with Crippen molar-refractivity contribution in [1.29, 1.82) is 0 Å². The SMILES string of the molecule is COc1ccc(/C=N/N=C2\NC(=O)C(CC(=O)c3ccc(C)cc3)S2)cc1. The van der Waals surface area contributed by atoms with Crippen molar-refractivity contribution in [1.82, 2.24) is 5.32 Å². The zero-order chi connectivity index (χ0) is 19.2. The first-order valence-electron chi connectivity index (χ1n) is 8.37. The van der Waals surface area contributed by atoms with Gasteiger partial charge in [-0.1, -0.05) is 41.6 Å². The van der Waals surface area contributed by atoms with Crippen LogP contribution < -0.4 is 10.1 Å². The predicted molar refractivity (Wildman–Crippen MR) is 108 cm³/mol. The third kappa shape index (κ3) is 5.04. The summed E-state index contributed by atoms with van der Waals surface area (Å²) in [7, 11) is 1.61. The van der Waals surface area contributed by atoms with E-state index in [1.807, 2.05) is 43.3 Å². The van der Waals surface area contributed by atoms with Crippen LogP contribution in [0, 0.1) is 6.92 Å². The number of aryl methyl sites for hydroxylation is 1.